The first-order chi connectivity index (χ1) is 21.5. The van der Waals surface area contributed by atoms with Crippen LogP contribution in [-0.4, -0.2) is 72.9 Å². The van der Waals surface area contributed by atoms with Crippen molar-refractivity contribution in [3.63, 3.8) is 0 Å². The van der Waals surface area contributed by atoms with Crippen LogP contribution < -0.4 is 15.0 Å². The molecule has 0 aliphatic carbocycles. The number of carboxylic acids is 1. The molecule has 0 unspecified atom stereocenters. The number of benzene rings is 2. The van der Waals surface area contributed by atoms with Gasteiger partial charge >= 0.3 is 5.97 Å². The lowest BCUT2D eigenvalue weighted by molar-refractivity contribution is -0.159. The van der Waals surface area contributed by atoms with Gasteiger partial charge in [0.15, 0.2) is 0 Å². The Hall–Kier alpha value is -3.95. The Bertz CT molecular complexity index is 1480. The van der Waals surface area contributed by atoms with Gasteiger partial charge in [0.05, 0.1) is 13.2 Å². The zero-order valence-electron chi connectivity index (χ0n) is 27.2. The van der Waals surface area contributed by atoms with E-state index in [1.165, 1.54) is 0 Å². The number of aliphatic carboxylic acids is 1. The van der Waals surface area contributed by atoms with Gasteiger partial charge in [0.25, 0.3) is 5.91 Å². The number of carboxylic acid groups (broad SMARTS) is 1. The molecule has 2 aliphatic heterocycles. The molecule has 2 N–H and O–H groups in total. The van der Waals surface area contributed by atoms with Crippen molar-refractivity contribution in [1.29, 1.82) is 0 Å². The second-order valence-corrected chi connectivity index (χ2v) is 13.3. The molecule has 3 aromatic rings. The molecular formula is C36H46N4O5. The summed E-state index contributed by atoms with van der Waals surface area (Å²) in [5, 5.41) is 14.6. The van der Waals surface area contributed by atoms with E-state index in [1.54, 1.807) is 18.2 Å². The van der Waals surface area contributed by atoms with E-state index in [2.05, 4.69) is 49.3 Å². The topological polar surface area (TPSA) is 104 Å². The first kappa shape index (κ1) is 32.4. The number of pyridine rings is 1. The maximum atomic E-state index is 14.4. The Morgan fingerprint density at radius 2 is 1.82 bits per heavy atom. The predicted octanol–water partition coefficient (Wildman–Crippen LogP) is 5.55. The van der Waals surface area contributed by atoms with Crippen LogP contribution in [0.5, 0.6) is 5.75 Å². The SMILES string of the molecule is COc1ccc(-c2ccccc2)cc1CN[C@H]1[C@H](C(C)(C)C)[C@@H](C(=O)O)N(C(=O)[C@H]2CCCCO2)[C@H]1c1cccnc1N(C)C. The zero-order chi connectivity index (χ0) is 32.3. The number of likely N-dealkylation sites (tertiary alicyclic amines) is 1. The molecule has 240 valence electrons. The van der Waals surface area contributed by atoms with Crippen LogP contribution in [-0.2, 0) is 20.9 Å². The summed E-state index contributed by atoms with van der Waals surface area (Å²) in [5.41, 5.74) is 3.41. The van der Waals surface area contributed by atoms with E-state index < -0.39 is 41.5 Å². The molecule has 0 saturated carbocycles. The maximum absolute atomic E-state index is 14.4. The highest BCUT2D eigenvalue weighted by Crippen LogP contribution is 2.50. The van der Waals surface area contributed by atoms with Gasteiger partial charge in [-0.3, -0.25) is 4.79 Å². The highest BCUT2D eigenvalue weighted by Gasteiger charge is 2.59. The van der Waals surface area contributed by atoms with Crippen molar-refractivity contribution in [1.82, 2.24) is 15.2 Å². The Morgan fingerprint density at radius 1 is 1.07 bits per heavy atom. The number of aromatic nitrogens is 1. The molecule has 1 aromatic heterocycles. The molecule has 3 heterocycles. The fraction of sp³-hybridized carbons (Fsp3) is 0.472. The van der Waals surface area contributed by atoms with Crippen LogP contribution in [0.4, 0.5) is 5.82 Å². The number of methoxy groups -OCH3 is 1. The van der Waals surface area contributed by atoms with Crippen LogP contribution in [0, 0.1) is 11.3 Å². The van der Waals surface area contributed by atoms with E-state index in [1.807, 2.05) is 61.5 Å². The summed E-state index contributed by atoms with van der Waals surface area (Å²) in [6.07, 6.45) is 3.38. The molecular weight excluding hydrogens is 568 g/mol. The Balaban J connectivity index is 1.63. The number of anilines is 1. The number of hydrogen-bond acceptors (Lipinski definition) is 7. The Morgan fingerprint density at radius 3 is 2.44 bits per heavy atom. The number of nitrogens with zero attached hydrogens (tertiary/aromatic N) is 3. The second-order valence-electron chi connectivity index (χ2n) is 13.3. The third-order valence-corrected chi connectivity index (χ3v) is 9.10. The molecule has 0 bridgehead atoms. The van der Waals surface area contributed by atoms with Crippen molar-refractivity contribution < 1.29 is 24.2 Å². The summed E-state index contributed by atoms with van der Waals surface area (Å²) in [7, 11) is 5.48. The molecule has 2 saturated heterocycles. The first-order valence-electron chi connectivity index (χ1n) is 15.8. The summed E-state index contributed by atoms with van der Waals surface area (Å²) >= 11 is 0. The average Bonchev–Trinajstić information content (AvgIpc) is 3.40. The predicted molar refractivity (Wildman–Crippen MR) is 175 cm³/mol. The van der Waals surface area contributed by atoms with Crippen LogP contribution in [0.3, 0.4) is 0 Å². The molecule has 2 aromatic carbocycles. The molecule has 2 aliphatic rings. The van der Waals surface area contributed by atoms with Gasteiger partial charge in [-0.25, -0.2) is 9.78 Å². The van der Waals surface area contributed by atoms with Crippen LogP contribution in [0.15, 0.2) is 66.9 Å². The number of ether oxygens (including phenoxy) is 2. The first-order valence-corrected chi connectivity index (χ1v) is 15.8. The number of carbonyl (C=O) groups is 2. The number of rotatable bonds is 9. The van der Waals surface area contributed by atoms with E-state index in [9.17, 15) is 14.7 Å². The average molecular weight is 615 g/mol. The summed E-state index contributed by atoms with van der Waals surface area (Å²) < 4.78 is 11.7. The van der Waals surface area contributed by atoms with E-state index in [0.717, 1.165) is 40.8 Å². The molecule has 5 atom stereocenters. The lowest BCUT2D eigenvalue weighted by atomic mass is 9.72. The summed E-state index contributed by atoms with van der Waals surface area (Å²) in [6, 6.07) is 18.0. The molecule has 5 rings (SSSR count). The van der Waals surface area contributed by atoms with Gasteiger partial charge in [-0.05, 0) is 54.0 Å². The quantitative estimate of drug-likeness (QED) is 0.324. The van der Waals surface area contributed by atoms with E-state index >= 15 is 0 Å². The Labute approximate surface area is 266 Å². The Kier molecular flexibility index (Phi) is 9.79. The second kappa shape index (κ2) is 13.6. The fourth-order valence-corrected chi connectivity index (χ4v) is 7.12. The highest BCUT2D eigenvalue weighted by molar-refractivity contribution is 5.88. The van der Waals surface area contributed by atoms with Crippen molar-refractivity contribution in [3.05, 3.63) is 78.0 Å². The van der Waals surface area contributed by atoms with Crippen LogP contribution in [0.25, 0.3) is 11.1 Å². The van der Waals surface area contributed by atoms with Gasteiger partial charge in [0.1, 0.15) is 23.7 Å². The normalized spacial score (nSPS) is 23.5. The summed E-state index contributed by atoms with van der Waals surface area (Å²) in [5.74, 6) is -0.307. The lowest BCUT2D eigenvalue weighted by Crippen LogP contribution is -2.51. The van der Waals surface area contributed by atoms with E-state index in [4.69, 9.17) is 9.47 Å². The van der Waals surface area contributed by atoms with Crippen molar-refractivity contribution >= 4 is 17.7 Å². The summed E-state index contributed by atoms with van der Waals surface area (Å²) in [4.78, 5) is 35.9. The molecule has 45 heavy (non-hydrogen) atoms. The van der Waals surface area contributed by atoms with E-state index in [-0.39, 0.29) is 5.91 Å². The maximum Gasteiger partial charge on any atom is 0.326 e. The lowest BCUT2D eigenvalue weighted by Gasteiger charge is -2.36. The van der Waals surface area contributed by atoms with Crippen molar-refractivity contribution in [2.45, 2.75) is 70.8 Å². The molecule has 0 radical (unpaired) electrons. The molecule has 0 spiro atoms. The van der Waals surface area contributed by atoms with Crippen LogP contribution in [0.2, 0.25) is 0 Å². The number of amides is 1. The molecule has 1 amide bonds. The highest BCUT2D eigenvalue weighted by atomic mass is 16.5. The minimum absolute atomic E-state index is 0.275. The van der Waals surface area contributed by atoms with Gasteiger partial charge in [-0.15, -0.1) is 0 Å². The molecule has 9 nitrogen and oxygen atoms in total. The largest absolute Gasteiger partial charge is 0.496 e. The smallest absolute Gasteiger partial charge is 0.326 e. The van der Waals surface area contributed by atoms with Gasteiger partial charge in [-0.2, -0.15) is 0 Å². The van der Waals surface area contributed by atoms with Gasteiger partial charge in [-0.1, -0.05) is 63.2 Å². The number of nitrogens with one attached hydrogen (secondary N) is 1. The summed E-state index contributed by atoms with van der Waals surface area (Å²) in [6.45, 7) is 7.05. The van der Waals surface area contributed by atoms with Gasteiger partial charge < -0.3 is 29.7 Å². The van der Waals surface area contributed by atoms with Crippen molar-refractivity contribution in [2.75, 3.05) is 32.7 Å². The monoisotopic (exact) mass is 614 g/mol. The third-order valence-electron chi connectivity index (χ3n) is 9.10. The number of carbonyl (C=O) groups excluding carboxylic acids is 1. The zero-order valence-corrected chi connectivity index (χ0v) is 27.2. The molecule has 9 heteroatoms. The van der Waals surface area contributed by atoms with Crippen LogP contribution in [0.1, 0.15) is 57.2 Å². The van der Waals surface area contributed by atoms with Crippen molar-refractivity contribution in [3.8, 4) is 16.9 Å². The van der Waals surface area contributed by atoms with Crippen LogP contribution >= 0.6 is 0 Å². The molecule has 2 fully saturated rings. The standard InChI is InChI=1S/C36H46N4O5/c1-36(2,3)29-30(38-22-25-21-24(17-18-27(25)44-6)23-13-8-7-9-14-23)31(26-15-12-19-37-33(26)39(4)5)40(32(29)35(42)43)34(41)28-16-10-11-20-45-28/h7-9,12-15,17-19,21,28-32,38H,10-11,16,20,22H2,1-6H3,(H,42,43)/t28-,29+,30+,31+,32+/m1/s1. The van der Waals surface area contributed by atoms with Gasteiger partial charge in [0, 0.05) is 56.5 Å². The number of hydrogen-bond donors (Lipinski definition) is 2. The minimum atomic E-state index is -1.07. The van der Waals surface area contributed by atoms with E-state index in [0.29, 0.717) is 25.4 Å². The van der Waals surface area contributed by atoms with Crippen molar-refractivity contribution in [2.24, 2.45) is 11.3 Å². The fourth-order valence-electron chi connectivity index (χ4n) is 7.12. The third kappa shape index (κ3) is 6.70. The minimum Gasteiger partial charge on any atom is -0.496 e. The van der Waals surface area contributed by atoms with Gasteiger partial charge in [0.2, 0.25) is 0 Å².